The highest BCUT2D eigenvalue weighted by Crippen LogP contribution is 2.17. The molecule has 3 N–H and O–H groups in total. The van der Waals surface area contributed by atoms with Crippen LogP contribution in [0.3, 0.4) is 0 Å². The quantitative estimate of drug-likeness (QED) is 0.284. The third kappa shape index (κ3) is 8.42. The molecule has 0 radical (unpaired) electrons. The molecule has 0 aliphatic heterocycles. The Morgan fingerprint density at radius 2 is 2.07 bits per heavy atom. The molecule has 6 nitrogen and oxygen atoms in total. The molecule has 1 aromatic heterocycles. The van der Waals surface area contributed by atoms with Gasteiger partial charge >= 0.3 is 0 Å². The molecule has 0 aliphatic rings. The molecular weight excluding hydrogens is 492 g/mol. The van der Waals surface area contributed by atoms with Gasteiger partial charge in [0.05, 0.1) is 25.0 Å². The number of guanidine groups is 1. The first kappa shape index (κ1) is 24.2. The van der Waals surface area contributed by atoms with Gasteiger partial charge in [0, 0.05) is 18.5 Å². The Hall–Kier alpha value is -1.88. The van der Waals surface area contributed by atoms with Crippen LogP contribution in [0.5, 0.6) is 0 Å². The summed E-state index contributed by atoms with van der Waals surface area (Å²) in [5.41, 5.74) is 2.53. The second-order valence-corrected chi connectivity index (χ2v) is 6.55. The molecule has 2 rings (SSSR count). The molecule has 0 unspecified atom stereocenters. The fourth-order valence-corrected chi connectivity index (χ4v) is 2.93. The van der Waals surface area contributed by atoms with Gasteiger partial charge in [-0.15, -0.1) is 24.0 Å². The van der Waals surface area contributed by atoms with Crippen molar-refractivity contribution in [2.24, 2.45) is 4.99 Å². The molecule has 28 heavy (non-hydrogen) atoms. The molecule has 0 atom stereocenters. The highest BCUT2D eigenvalue weighted by Gasteiger charge is 2.07. The smallest absolute Gasteiger partial charge is 0.243 e. The number of rotatable bonds is 8. The summed E-state index contributed by atoms with van der Waals surface area (Å²) in [6.07, 6.45) is 5.20. The van der Waals surface area contributed by atoms with Gasteiger partial charge in [-0.2, -0.15) is 11.8 Å². The monoisotopic (exact) mass is 517 g/mol. The van der Waals surface area contributed by atoms with Gasteiger partial charge in [-0.25, -0.2) is 9.38 Å². The first-order valence-electron chi connectivity index (χ1n) is 8.60. The van der Waals surface area contributed by atoms with Gasteiger partial charge in [0.15, 0.2) is 5.96 Å². The number of benzene rings is 1. The summed E-state index contributed by atoms with van der Waals surface area (Å²) in [6, 6.07) is 8.26. The van der Waals surface area contributed by atoms with Crippen molar-refractivity contribution in [3.63, 3.8) is 0 Å². The van der Waals surface area contributed by atoms with Crippen molar-refractivity contribution in [1.29, 1.82) is 0 Å². The molecule has 2 aromatic rings. The van der Waals surface area contributed by atoms with Crippen LogP contribution in [-0.2, 0) is 17.1 Å². The minimum Gasteiger partial charge on any atom is -0.357 e. The lowest BCUT2D eigenvalue weighted by Crippen LogP contribution is -2.41. The second-order valence-electron chi connectivity index (χ2n) is 5.68. The van der Waals surface area contributed by atoms with Gasteiger partial charge in [0.2, 0.25) is 5.91 Å². The molecular formula is C19H25FIN5OS. The van der Waals surface area contributed by atoms with Gasteiger partial charge in [0.25, 0.3) is 0 Å². The number of nitrogens with one attached hydrogen (secondary N) is 3. The molecule has 152 valence electrons. The minimum absolute atomic E-state index is 0. The molecule has 1 aromatic carbocycles. The lowest BCUT2D eigenvalue weighted by molar-refractivity contribution is -0.115. The van der Waals surface area contributed by atoms with E-state index in [4.69, 9.17) is 0 Å². The third-order valence-corrected chi connectivity index (χ3v) is 4.18. The van der Waals surface area contributed by atoms with Crippen LogP contribution in [0.1, 0.15) is 18.1 Å². The standard InChI is InChI=1S/C19H24FN5OS.HI/c1-3-22-19(24-12-18(26)25-17-5-4-8-21-11-17)23-10-14-6-7-16(20)9-15(14)13-27-2;/h4-9,11H,3,10,12-13H2,1-2H3,(H,25,26)(H2,22,23,24);1H. The lowest BCUT2D eigenvalue weighted by atomic mass is 10.1. The van der Waals surface area contributed by atoms with Crippen LogP contribution in [0.4, 0.5) is 10.1 Å². The Morgan fingerprint density at radius 1 is 1.25 bits per heavy atom. The first-order chi connectivity index (χ1) is 13.1. The summed E-state index contributed by atoms with van der Waals surface area (Å²) in [7, 11) is 0. The lowest BCUT2D eigenvalue weighted by Gasteiger charge is -2.12. The van der Waals surface area contributed by atoms with E-state index in [2.05, 4.69) is 25.9 Å². The molecule has 0 fully saturated rings. The SMILES string of the molecule is CCNC(=NCc1ccc(F)cc1CSC)NCC(=O)Nc1cccnc1.I. The van der Waals surface area contributed by atoms with E-state index in [9.17, 15) is 9.18 Å². The van der Waals surface area contributed by atoms with E-state index < -0.39 is 0 Å². The molecule has 9 heteroatoms. The summed E-state index contributed by atoms with van der Waals surface area (Å²) in [5.74, 6) is 0.806. The average Bonchev–Trinajstić information content (AvgIpc) is 2.66. The maximum absolute atomic E-state index is 13.5. The van der Waals surface area contributed by atoms with E-state index in [0.717, 1.165) is 16.9 Å². The van der Waals surface area contributed by atoms with Crippen LogP contribution < -0.4 is 16.0 Å². The molecule has 0 aliphatic carbocycles. The summed E-state index contributed by atoms with van der Waals surface area (Å²) in [5, 5.41) is 8.86. The number of halogens is 2. The van der Waals surface area contributed by atoms with Crippen molar-refractivity contribution >= 4 is 53.3 Å². The number of aromatic nitrogens is 1. The average molecular weight is 517 g/mol. The first-order valence-corrected chi connectivity index (χ1v) is 10.00. The summed E-state index contributed by atoms with van der Waals surface area (Å²) in [4.78, 5) is 20.5. The summed E-state index contributed by atoms with van der Waals surface area (Å²) >= 11 is 1.63. The van der Waals surface area contributed by atoms with Crippen molar-refractivity contribution in [3.05, 3.63) is 59.7 Å². The van der Waals surface area contributed by atoms with Gasteiger partial charge in [-0.1, -0.05) is 6.07 Å². The number of hydrogen-bond acceptors (Lipinski definition) is 4. The van der Waals surface area contributed by atoms with Crippen molar-refractivity contribution in [2.75, 3.05) is 24.7 Å². The van der Waals surface area contributed by atoms with Crippen molar-refractivity contribution < 1.29 is 9.18 Å². The Labute approximate surface area is 186 Å². The maximum atomic E-state index is 13.5. The Balaban J connectivity index is 0.00000392. The van der Waals surface area contributed by atoms with Crippen LogP contribution in [0.2, 0.25) is 0 Å². The van der Waals surface area contributed by atoms with Crippen molar-refractivity contribution in [2.45, 2.75) is 19.2 Å². The van der Waals surface area contributed by atoms with E-state index in [-0.39, 0.29) is 42.2 Å². The van der Waals surface area contributed by atoms with E-state index in [0.29, 0.717) is 24.7 Å². The van der Waals surface area contributed by atoms with E-state index in [1.54, 1.807) is 48.4 Å². The van der Waals surface area contributed by atoms with Gasteiger partial charge in [0.1, 0.15) is 5.82 Å². The van der Waals surface area contributed by atoms with Crippen LogP contribution in [-0.4, -0.2) is 36.2 Å². The number of pyridine rings is 1. The van der Waals surface area contributed by atoms with Gasteiger partial charge < -0.3 is 16.0 Å². The largest absolute Gasteiger partial charge is 0.357 e. The van der Waals surface area contributed by atoms with E-state index >= 15 is 0 Å². The van der Waals surface area contributed by atoms with Crippen molar-refractivity contribution in [1.82, 2.24) is 15.6 Å². The highest BCUT2D eigenvalue weighted by atomic mass is 127. The van der Waals surface area contributed by atoms with Crippen LogP contribution in [0.25, 0.3) is 0 Å². The zero-order chi connectivity index (χ0) is 19.5. The maximum Gasteiger partial charge on any atom is 0.243 e. The van der Waals surface area contributed by atoms with E-state index in [1.807, 2.05) is 13.2 Å². The summed E-state index contributed by atoms with van der Waals surface area (Å²) < 4.78 is 13.5. The van der Waals surface area contributed by atoms with Crippen LogP contribution in [0, 0.1) is 5.82 Å². The van der Waals surface area contributed by atoms with Gasteiger partial charge in [-0.3, -0.25) is 9.78 Å². The number of carbonyl (C=O) groups is 1. The van der Waals surface area contributed by atoms with Gasteiger partial charge in [-0.05, 0) is 48.6 Å². The van der Waals surface area contributed by atoms with Crippen molar-refractivity contribution in [3.8, 4) is 0 Å². The fraction of sp³-hybridized carbons (Fsp3) is 0.316. The Kier molecular flexibility index (Phi) is 11.5. The predicted octanol–water partition coefficient (Wildman–Crippen LogP) is 3.40. The Bertz CT molecular complexity index is 776. The summed E-state index contributed by atoms with van der Waals surface area (Å²) in [6.45, 7) is 3.08. The number of carbonyl (C=O) groups excluding carboxylic acids is 1. The molecule has 0 spiro atoms. The highest BCUT2D eigenvalue weighted by molar-refractivity contribution is 14.0. The molecule has 1 heterocycles. The normalized spacial score (nSPS) is 10.8. The third-order valence-electron chi connectivity index (χ3n) is 3.58. The number of aliphatic imine (C=N–C) groups is 1. The van der Waals surface area contributed by atoms with Crippen LogP contribution >= 0.6 is 35.7 Å². The Morgan fingerprint density at radius 3 is 2.75 bits per heavy atom. The number of hydrogen-bond donors (Lipinski definition) is 3. The topological polar surface area (TPSA) is 78.4 Å². The minimum atomic E-state index is -0.246. The number of amides is 1. The molecule has 1 amide bonds. The molecule has 0 bridgehead atoms. The zero-order valence-electron chi connectivity index (χ0n) is 15.9. The number of thioether (sulfide) groups is 1. The zero-order valence-corrected chi connectivity index (χ0v) is 19.0. The predicted molar refractivity (Wildman–Crippen MR) is 125 cm³/mol. The number of anilines is 1. The molecule has 0 saturated heterocycles. The van der Waals surface area contributed by atoms with Crippen LogP contribution in [0.15, 0.2) is 47.7 Å². The second kappa shape index (κ2) is 13.3. The van der Waals surface area contributed by atoms with E-state index in [1.165, 1.54) is 6.07 Å². The molecule has 0 saturated carbocycles. The fourth-order valence-electron chi connectivity index (χ4n) is 2.35. The number of nitrogens with zero attached hydrogens (tertiary/aromatic N) is 2.